The first-order chi connectivity index (χ1) is 14.8. The smallest absolute Gasteiger partial charge is 0.416 e. The molecule has 0 bridgehead atoms. The number of alkyl halides is 3. The van der Waals surface area contributed by atoms with Gasteiger partial charge in [0.05, 0.1) is 11.6 Å². The molecule has 2 atom stereocenters. The van der Waals surface area contributed by atoms with E-state index in [2.05, 4.69) is 5.32 Å². The van der Waals surface area contributed by atoms with E-state index >= 15 is 0 Å². The molecule has 1 N–H and O–H groups in total. The maximum Gasteiger partial charge on any atom is 0.416 e. The number of nitrogens with one attached hydrogen (secondary N) is 1. The summed E-state index contributed by atoms with van der Waals surface area (Å²) < 4.78 is 44.1. The van der Waals surface area contributed by atoms with E-state index in [-0.39, 0.29) is 6.42 Å². The fourth-order valence-corrected chi connectivity index (χ4v) is 3.76. The van der Waals surface area contributed by atoms with Crippen LogP contribution >= 0.6 is 11.6 Å². The second-order valence-corrected chi connectivity index (χ2v) is 9.12. The normalized spacial score (nSPS) is 17.6. The third-order valence-electron chi connectivity index (χ3n) is 5.07. The largest absolute Gasteiger partial charge is 0.444 e. The highest BCUT2D eigenvalue weighted by Gasteiger charge is 2.38. The van der Waals surface area contributed by atoms with Crippen LogP contribution in [0.5, 0.6) is 0 Å². The highest BCUT2D eigenvalue weighted by Crippen LogP contribution is 2.37. The first-order valence-corrected chi connectivity index (χ1v) is 10.4. The quantitative estimate of drug-likeness (QED) is 0.610. The Morgan fingerprint density at radius 1 is 1.16 bits per heavy atom. The van der Waals surface area contributed by atoms with Crippen LogP contribution in [0.25, 0.3) is 0 Å². The Morgan fingerprint density at radius 3 is 2.34 bits per heavy atom. The zero-order valence-electron chi connectivity index (χ0n) is 18.1. The number of hydrogen-bond acceptors (Lipinski definition) is 3. The molecule has 0 aliphatic carbocycles. The van der Waals surface area contributed by atoms with Crippen molar-refractivity contribution in [1.29, 1.82) is 0 Å². The highest BCUT2D eigenvalue weighted by atomic mass is 35.5. The highest BCUT2D eigenvalue weighted by molar-refractivity contribution is 6.31. The summed E-state index contributed by atoms with van der Waals surface area (Å²) in [6, 6.07) is 8.23. The molecule has 0 saturated carbocycles. The van der Waals surface area contributed by atoms with Crippen molar-refractivity contribution >= 4 is 29.3 Å². The number of benzene rings is 2. The number of fused-ring (bicyclic) bond motifs is 1. The van der Waals surface area contributed by atoms with Crippen molar-refractivity contribution in [2.24, 2.45) is 0 Å². The van der Waals surface area contributed by atoms with Gasteiger partial charge in [-0.05, 0) is 63.1 Å². The molecule has 0 radical (unpaired) electrons. The van der Waals surface area contributed by atoms with Crippen LogP contribution in [0.2, 0.25) is 5.02 Å². The standard InChI is InChI=1S/C23H24ClF3N2O3/c1-13(14-5-8-16(9-6-14)23(25,26)27)29-19-12-17(24)10-7-15(19)11-18(20(29)30)28-21(31)32-22(2,3)4/h5-10,12-13,18H,11H2,1-4H3,(H,28,31)/t13-,18+/m0/s1. The summed E-state index contributed by atoms with van der Waals surface area (Å²) in [7, 11) is 0. The fraction of sp³-hybridized carbons (Fsp3) is 0.391. The topological polar surface area (TPSA) is 58.6 Å². The lowest BCUT2D eigenvalue weighted by Crippen LogP contribution is -2.54. The SMILES string of the molecule is C[C@@H](c1ccc(C(F)(F)F)cc1)N1C(=O)[C@H](NC(=O)OC(C)(C)C)Cc2ccc(Cl)cc21. The van der Waals surface area contributed by atoms with Gasteiger partial charge < -0.3 is 15.0 Å². The Bertz CT molecular complexity index is 1020. The van der Waals surface area contributed by atoms with E-state index in [0.717, 1.165) is 17.7 Å². The molecule has 0 fully saturated rings. The third-order valence-corrected chi connectivity index (χ3v) is 5.30. The Morgan fingerprint density at radius 2 is 1.78 bits per heavy atom. The van der Waals surface area contributed by atoms with Crippen LogP contribution in [-0.2, 0) is 22.1 Å². The summed E-state index contributed by atoms with van der Waals surface area (Å²) in [5.41, 5.74) is 0.327. The van der Waals surface area contributed by atoms with Gasteiger partial charge in [0.15, 0.2) is 0 Å². The number of ether oxygens (including phenoxy) is 1. The number of rotatable bonds is 3. The van der Waals surface area contributed by atoms with Crippen LogP contribution in [0.15, 0.2) is 42.5 Å². The minimum absolute atomic E-state index is 0.237. The van der Waals surface area contributed by atoms with E-state index in [4.69, 9.17) is 16.3 Å². The van der Waals surface area contributed by atoms with E-state index in [1.54, 1.807) is 45.9 Å². The molecule has 2 aromatic carbocycles. The molecule has 1 aliphatic heterocycles. The predicted octanol–water partition coefficient (Wildman–Crippen LogP) is 5.90. The van der Waals surface area contributed by atoms with Gasteiger partial charge in [-0.2, -0.15) is 13.2 Å². The van der Waals surface area contributed by atoms with Crippen LogP contribution in [0.3, 0.4) is 0 Å². The zero-order chi connectivity index (χ0) is 23.8. The average Bonchev–Trinajstić information content (AvgIpc) is 2.66. The summed E-state index contributed by atoms with van der Waals surface area (Å²) in [4.78, 5) is 27.1. The molecule has 0 unspecified atom stereocenters. The molecule has 0 aromatic heterocycles. The molecule has 1 aliphatic rings. The Balaban J connectivity index is 1.94. The van der Waals surface area contributed by atoms with Gasteiger partial charge in [0, 0.05) is 17.1 Å². The number of halogens is 4. The second kappa shape index (κ2) is 8.65. The number of amides is 2. The summed E-state index contributed by atoms with van der Waals surface area (Å²) >= 11 is 6.15. The summed E-state index contributed by atoms with van der Waals surface area (Å²) in [5, 5.41) is 3.03. The van der Waals surface area contributed by atoms with Crippen LogP contribution in [0, 0.1) is 0 Å². The number of carbonyl (C=O) groups excluding carboxylic acids is 2. The van der Waals surface area contributed by atoms with Gasteiger partial charge in [0.1, 0.15) is 11.6 Å². The zero-order valence-corrected chi connectivity index (χ0v) is 18.8. The number of hydrogen-bond donors (Lipinski definition) is 1. The lowest BCUT2D eigenvalue weighted by Gasteiger charge is -2.38. The van der Waals surface area contributed by atoms with Crippen LogP contribution in [-0.4, -0.2) is 23.6 Å². The Kier molecular flexibility index (Phi) is 6.47. The molecule has 5 nitrogen and oxygen atoms in total. The number of nitrogens with zero attached hydrogens (tertiary/aromatic N) is 1. The van der Waals surface area contributed by atoms with Crippen molar-refractivity contribution < 1.29 is 27.5 Å². The van der Waals surface area contributed by atoms with Gasteiger partial charge >= 0.3 is 12.3 Å². The predicted molar refractivity (Wildman–Crippen MR) is 116 cm³/mol. The fourth-order valence-electron chi connectivity index (χ4n) is 3.59. The third kappa shape index (κ3) is 5.35. The maximum atomic E-state index is 13.4. The number of anilines is 1. The number of carbonyl (C=O) groups is 2. The second-order valence-electron chi connectivity index (χ2n) is 8.68. The minimum Gasteiger partial charge on any atom is -0.444 e. The van der Waals surface area contributed by atoms with Crippen LogP contribution < -0.4 is 10.2 Å². The van der Waals surface area contributed by atoms with Gasteiger partial charge in [-0.1, -0.05) is 29.8 Å². The lowest BCUT2D eigenvalue weighted by molar-refractivity contribution is -0.137. The lowest BCUT2D eigenvalue weighted by atomic mass is 9.94. The first-order valence-electron chi connectivity index (χ1n) is 10.0. The average molecular weight is 469 g/mol. The van der Waals surface area contributed by atoms with Crippen molar-refractivity contribution in [2.75, 3.05) is 4.90 Å². The molecule has 0 saturated heterocycles. The van der Waals surface area contributed by atoms with Crippen molar-refractivity contribution in [3.8, 4) is 0 Å². The van der Waals surface area contributed by atoms with Crippen LogP contribution in [0.1, 0.15) is 50.4 Å². The molecular formula is C23H24ClF3N2O3. The molecule has 32 heavy (non-hydrogen) atoms. The van der Waals surface area contributed by atoms with E-state index in [0.29, 0.717) is 16.3 Å². The monoisotopic (exact) mass is 468 g/mol. The summed E-state index contributed by atoms with van der Waals surface area (Å²) in [5.74, 6) is -0.405. The summed E-state index contributed by atoms with van der Waals surface area (Å²) in [6.45, 7) is 6.85. The molecule has 3 rings (SSSR count). The van der Waals surface area contributed by atoms with Gasteiger partial charge in [-0.15, -0.1) is 0 Å². The Hall–Kier alpha value is -2.74. The van der Waals surface area contributed by atoms with E-state index in [9.17, 15) is 22.8 Å². The molecular weight excluding hydrogens is 445 g/mol. The van der Waals surface area contributed by atoms with Crippen molar-refractivity contribution in [3.05, 3.63) is 64.2 Å². The van der Waals surface area contributed by atoms with Gasteiger partial charge in [-0.25, -0.2) is 4.79 Å². The van der Waals surface area contributed by atoms with E-state index < -0.39 is 41.4 Å². The van der Waals surface area contributed by atoms with E-state index in [1.807, 2.05) is 0 Å². The molecule has 2 aromatic rings. The molecule has 9 heteroatoms. The van der Waals surface area contributed by atoms with Crippen molar-refractivity contribution in [1.82, 2.24) is 5.32 Å². The van der Waals surface area contributed by atoms with Crippen molar-refractivity contribution in [3.63, 3.8) is 0 Å². The first kappa shape index (κ1) is 23.9. The van der Waals surface area contributed by atoms with Gasteiger partial charge in [-0.3, -0.25) is 4.79 Å². The van der Waals surface area contributed by atoms with Crippen molar-refractivity contribution in [2.45, 2.75) is 58.0 Å². The summed E-state index contributed by atoms with van der Waals surface area (Å²) in [6.07, 6.45) is -4.94. The van der Waals surface area contributed by atoms with Crippen LogP contribution in [0.4, 0.5) is 23.7 Å². The minimum atomic E-state index is -4.45. The van der Waals surface area contributed by atoms with Gasteiger partial charge in [0.2, 0.25) is 0 Å². The Labute approximate surface area is 189 Å². The molecule has 1 heterocycles. The van der Waals surface area contributed by atoms with E-state index in [1.165, 1.54) is 17.0 Å². The maximum absolute atomic E-state index is 13.4. The molecule has 0 spiro atoms. The molecule has 172 valence electrons. The molecule has 2 amide bonds. The van der Waals surface area contributed by atoms with Gasteiger partial charge in [0.25, 0.3) is 5.91 Å². The number of alkyl carbamates (subject to hydrolysis) is 1.